The molecule has 1 unspecified atom stereocenters. The summed E-state index contributed by atoms with van der Waals surface area (Å²) < 4.78 is 68.8. The summed E-state index contributed by atoms with van der Waals surface area (Å²) >= 11 is 4.44. The molecule has 1 atom stereocenters. The molecule has 17 heavy (non-hydrogen) atoms. The highest BCUT2D eigenvalue weighted by molar-refractivity contribution is 7.80. The van der Waals surface area contributed by atoms with E-state index in [1.54, 1.807) is 0 Å². The summed E-state index contributed by atoms with van der Waals surface area (Å²) in [6.07, 6.45) is -1.17. The topological polar surface area (TPSA) is 35.2 Å². The van der Waals surface area contributed by atoms with Crippen molar-refractivity contribution >= 4 is 17.2 Å². The van der Waals surface area contributed by atoms with E-state index in [1.807, 2.05) is 0 Å². The molecule has 0 saturated heterocycles. The molecule has 0 amide bonds. The first-order chi connectivity index (χ1) is 7.77. The van der Waals surface area contributed by atoms with Crippen LogP contribution in [0.1, 0.15) is 6.92 Å². The summed E-state index contributed by atoms with van der Waals surface area (Å²) in [4.78, 5) is -0.283. The molecule has 2 nitrogen and oxygen atoms in total. The van der Waals surface area contributed by atoms with Gasteiger partial charge in [-0.05, 0) is 6.92 Å². The highest BCUT2D eigenvalue weighted by Gasteiger charge is 2.28. The summed E-state index contributed by atoms with van der Waals surface area (Å²) in [5, 5.41) is 0. The average molecular weight is 271 g/mol. The van der Waals surface area contributed by atoms with Crippen LogP contribution in [0.5, 0.6) is 5.75 Å². The lowest BCUT2D eigenvalue weighted by Crippen LogP contribution is -2.30. The standard InChI is InChI=1S/C9H6F5NOS/c1-2(9(15)17)16-8-6(13)4(11)3(10)5(12)7(8)14/h2H,1H3,(H2,15,17). The van der Waals surface area contributed by atoms with Crippen molar-refractivity contribution < 1.29 is 26.7 Å². The van der Waals surface area contributed by atoms with Crippen LogP contribution in [0.25, 0.3) is 0 Å². The van der Waals surface area contributed by atoms with Crippen LogP contribution in [0.3, 0.4) is 0 Å². The molecule has 2 N–H and O–H groups in total. The SMILES string of the molecule is CC(Oc1c(F)c(F)c(F)c(F)c1F)C(N)=S. The Morgan fingerprint density at radius 1 is 1.00 bits per heavy atom. The summed E-state index contributed by atoms with van der Waals surface area (Å²) in [5.74, 6) is -12.0. The zero-order valence-electron chi connectivity index (χ0n) is 8.36. The third kappa shape index (κ3) is 2.46. The van der Waals surface area contributed by atoms with E-state index in [2.05, 4.69) is 17.0 Å². The van der Waals surface area contributed by atoms with Crippen LogP contribution in [0, 0.1) is 29.1 Å². The van der Waals surface area contributed by atoms with Crippen LogP contribution < -0.4 is 10.5 Å². The lowest BCUT2D eigenvalue weighted by atomic mass is 10.2. The second-order valence-electron chi connectivity index (χ2n) is 3.06. The number of hydrogen-bond acceptors (Lipinski definition) is 2. The average Bonchev–Trinajstić information content (AvgIpc) is 2.29. The van der Waals surface area contributed by atoms with Crippen molar-refractivity contribution in [2.24, 2.45) is 5.73 Å². The summed E-state index contributed by atoms with van der Waals surface area (Å²) in [5.41, 5.74) is 5.09. The van der Waals surface area contributed by atoms with Gasteiger partial charge in [0.05, 0.1) is 0 Å². The molecule has 0 spiro atoms. The predicted molar refractivity (Wildman–Crippen MR) is 53.1 cm³/mol. The van der Waals surface area contributed by atoms with Crippen LogP contribution >= 0.6 is 12.2 Å². The Bertz CT molecular complexity index is 450. The molecular weight excluding hydrogens is 265 g/mol. The minimum Gasteiger partial charge on any atom is -0.477 e. The van der Waals surface area contributed by atoms with Gasteiger partial charge in [-0.3, -0.25) is 0 Å². The fraction of sp³-hybridized carbons (Fsp3) is 0.222. The number of hydrogen-bond donors (Lipinski definition) is 1. The van der Waals surface area contributed by atoms with Gasteiger partial charge in [0, 0.05) is 0 Å². The second kappa shape index (κ2) is 4.82. The molecule has 0 bridgehead atoms. The van der Waals surface area contributed by atoms with Crippen molar-refractivity contribution in [2.45, 2.75) is 13.0 Å². The van der Waals surface area contributed by atoms with Crippen LogP contribution in [0.4, 0.5) is 22.0 Å². The van der Waals surface area contributed by atoms with Gasteiger partial charge in [-0.15, -0.1) is 0 Å². The van der Waals surface area contributed by atoms with E-state index < -0.39 is 40.9 Å². The Morgan fingerprint density at radius 2 is 1.35 bits per heavy atom. The van der Waals surface area contributed by atoms with Crippen molar-refractivity contribution in [3.05, 3.63) is 29.1 Å². The number of rotatable bonds is 3. The minimum atomic E-state index is -2.25. The van der Waals surface area contributed by atoms with Gasteiger partial charge in [-0.2, -0.15) is 8.78 Å². The lowest BCUT2D eigenvalue weighted by Gasteiger charge is -2.15. The molecule has 0 aliphatic carbocycles. The van der Waals surface area contributed by atoms with E-state index in [0.29, 0.717) is 0 Å². The monoisotopic (exact) mass is 271 g/mol. The maximum atomic E-state index is 13.1. The van der Waals surface area contributed by atoms with E-state index in [9.17, 15) is 22.0 Å². The fourth-order valence-corrected chi connectivity index (χ4v) is 0.971. The van der Waals surface area contributed by atoms with Crippen molar-refractivity contribution in [2.75, 3.05) is 0 Å². The molecule has 1 rings (SSSR count). The summed E-state index contributed by atoms with van der Waals surface area (Å²) in [6, 6.07) is 0. The zero-order valence-corrected chi connectivity index (χ0v) is 9.18. The van der Waals surface area contributed by atoms with Crippen LogP contribution in [-0.4, -0.2) is 11.1 Å². The van der Waals surface area contributed by atoms with Crippen molar-refractivity contribution in [3.8, 4) is 5.75 Å². The number of thiocarbonyl (C=S) groups is 1. The third-order valence-corrected chi connectivity index (χ3v) is 2.20. The molecule has 0 aliphatic heterocycles. The van der Waals surface area contributed by atoms with Gasteiger partial charge in [-0.25, -0.2) is 13.2 Å². The normalized spacial score (nSPS) is 12.4. The molecule has 1 aromatic rings. The molecule has 8 heteroatoms. The Labute approximate surface area is 98.2 Å². The van der Waals surface area contributed by atoms with Crippen molar-refractivity contribution in [3.63, 3.8) is 0 Å². The van der Waals surface area contributed by atoms with Gasteiger partial charge in [0.15, 0.2) is 5.75 Å². The number of ether oxygens (including phenoxy) is 1. The number of halogens is 5. The van der Waals surface area contributed by atoms with Gasteiger partial charge in [0.1, 0.15) is 11.1 Å². The first-order valence-electron chi connectivity index (χ1n) is 4.24. The molecule has 0 radical (unpaired) electrons. The summed E-state index contributed by atoms with van der Waals surface area (Å²) in [7, 11) is 0. The molecule has 0 heterocycles. The van der Waals surface area contributed by atoms with Crippen LogP contribution in [-0.2, 0) is 0 Å². The lowest BCUT2D eigenvalue weighted by molar-refractivity contribution is 0.242. The third-order valence-electron chi connectivity index (χ3n) is 1.86. The highest BCUT2D eigenvalue weighted by Crippen LogP contribution is 2.29. The molecule has 0 saturated carbocycles. The summed E-state index contributed by atoms with van der Waals surface area (Å²) in [6.45, 7) is 1.21. The van der Waals surface area contributed by atoms with E-state index >= 15 is 0 Å². The van der Waals surface area contributed by atoms with Gasteiger partial charge in [0.25, 0.3) is 0 Å². The maximum absolute atomic E-state index is 13.1. The predicted octanol–water partition coefficient (Wildman–Crippen LogP) is 2.44. The van der Waals surface area contributed by atoms with E-state index in [1.165, 1.54) is 6.92 Å². The van der Waals surface area contributed by atoms with Crippen molar-refractivity contribution in [1.29, 1.82) is 0 Å². The van der Waals surface area contributed by atoms with Crippen molar-refractivity contribution in [1.82, 2.24) is 0 Å². The first kappa shape index (κ1) is 13.6. The Morgan fingerprint density at radius 3 is 1.71 bits per heavy atom. The van der Waals surface area contributed by atoms with Gasteiger partial charge in [0.2, 0.25) is 29.1 Å². The van der Waals surface area contributed by atoms with Gasteiger partial charge in [-0.1, -0.05) is 12.2 Å². The number of benzene rings is 1. The zero-order chi connectivity index (χ0) is 13.3. The Hall–Kier alpha value is -1.44. The Kier molecular flexibility index (Phi) is 3.87. The van der Waals surface area contributed by atoms with Gasteiger partial charge < -0.3 is 10.5 Å². The molecule has 0 aromatic heterocycles. The minimum absolute atomic E-state index is 0.283. The fourth-order valence-electron chi connectivity index (χ4n) is 0.923. The largest absolute Gasteiger partial charge is 0.477 e. The molecule has 94 valence electrons. The van der Waals surface area contributed by atoms with E-state index in [4.69, 9.17) is 5.73 Å². The maximum Gasteiger partial charge on any atom is 0.207 e. The van der Waals surface area contributed by atoms with Crippen LogP contribution in [0.15, 0.2) is 0 Å². The first-order valence-corrected chi connectivity index (χ1v) is 4.65. The quantitative estimate of drug-likeness (QED) is 0.397. The van der Waals surface area contributed by atoms with E-state index in [-0.39, 0.29) is 4.99 Å². The van der Waals surface area contributed by atoms with Gasteiger partial charge >= 0.3 is 0 Å². The smallest absolute Gasteiger partial charge is 0.207 e. The molecule has 0 fully saturated rings. The van der Waals surface area contributed by atoms with Crippen LogP contribution in [0.2, 0.25) is 0 Å². The van der Waals surface area contributed by atoms with E-state index in [0.717, 1.165) is 0 Å². The molecular formula is C9H6F5NOS. The Balaban J connectivity index is 3.30. The highest BCUT2D eigenvalue weighted by atomic mass is 32.1. The molecule has 1 aromatic carbocycles. The molecule has 0 aliphatic rings. The second-order valence-corrected chi connectivity index (χ2v) is 3.53. The number of nitrogens with two attached hydrogens (primary N) is 1.